The van der Waals surface area contributed by atoms with Crippen LogP contribution in [0.25, 0.3) is 0 Å². The molecule has 1 fully saturated rings. The second kappa shape index (κ2) is 6.92. The molecule has 1 aliphatic rings. The van der Waals surface area contributed by atoms with Crippen molar-refractivity contribution in [1.29, 1.82) is 0 Å². The maximum absolute atomic E-state index is 12.2. The van der Waals surface area contributed by atoms with Crippen molar-refractivity contribution < 1.29 is 4.79 Å². The van der Waals surface area contributed by atoms with E-state index in [-0.39, 0.29) is 11.3 Å². The molecule has 1 N–H and O–H groups in total. The molecule has 0 atom stereocenters. The van der Waals surface area contributed by atoms with Crippen LogP contribution in [-0.2, 0) is 0 Å². The minimum Gasteiger partial charge on any atom is -0.351 e. The lowest BCUT2D eigenvalue weighted by Gasteiger charge is -2.35. The van der Waals surface area contributed by atoms with Gasteiger partial charge in [0.2, 0.25) is 0 Å². The standard InChI is InChI=1S/C13H16Br2ClNOS/c14-10-6-9(11(15)19-10)12(18)17-8-13(7-16)4-2-1-3-5-13/h6H,1-5,7-8H2,(H,17,18). The molecule has 19 heavy (non-hydrogen) atoms. The van der Waals surface area contributed by atoms with Gasteiger partial charge in [-0.1, -0.05) is 19.3 Å². The molecule has 1 saturated carbocycles. The van der Waals surface area contributed by atoms with E-state index in [1.807, 2.05) is 6.07 Å². The third-order valence-electron chi connectivity index (χ3n) is 3.72. The van der Waals surface area contributed by atoms with Gasteiger partial charge in [0, 0.05) is 17.8 Å². The zero-order chi connectivity index (χ0) is 13.9. The molecule has 0 bridgehead atoms. The lowest BCUT2D eigenvalue weighted by atomic mass is 9.75. The number of hydrogen-bond acceptors (Lipinski definition) is 2. The highest BCUT2D eigenvalue weighted by Crippen LogP contribution is 2.37. The van der Waals surface area contributed by atoms with Gasteiger partial charge in [-0.25, -0.2) is 0 Å². The van der Waals surface area contributed by atoms with Gasteiger partial charge in [0.1, 0.15) is 0 Å². The van der Waals surface area contributed by atoms with Crippen molar-refractivity contribution in [3.8, 4) is 0 Å². The minimum atomic E-state index is -0.0242. The Bertz CT molecular complexity index is 457. The van der Waals surface area contributed by atoms with Crippen molar-refractivity contribution in [3.05, 3.63) is 19.2 Å². The number of carbonyl (C=O) groups is 1. The monoisotopic (exact) mass is 427 g/mol. The summed E-state index contributed by atoms with van der Waals surface area (Å²) in [7, 11) is 0. The summed E-state index contributed by atoms with van der Waals surface area (Å²) in [6.45, 7) is 0.676. The van der Waals surface area contributed by atoms with Crippen molar-refractivity contribution in [3.63, 3.8) is 0 Å². The maximum Gasteiger partial charge on any atom is 0.253 e. The Morgan fingerprint density at radius 1 is 1.37 bits per heavy atom. The van der Waals surface area contributed by atoms with Crippen LogP contribution in [0.1, 0.15) is 42.5 Å². The molecule has 0 unspecified atom stereocenters. The Morgan fingerprint density at radius 3 is 2.58 bits per heavy atom. The second-order valence-corrected chi connectivity index (χ2v) is 9.13. The van der Waals surface area contributed by atoms with Crippen LogP contribution in [0.2, 0.25) is 0 Å². The molecule has 2 nitrogen and oxygen atoms in total. The van der Waals surface area contributed by atoms with E-state index in [2.05, 4.69) is 37.2 Å². The summed E-state index contributed by atoms with van der Waals surface area (Å²) in [5, 5.41) is 3.05. The van der Waals surface area contributed by atoms with Gasteiger partial charge in [-0.3, -0.25) is 4.79 Å². The third-order valence-corrected chi connectivity index (χ3v) is 6.63. The number of halogens is 3. The number of alkyl halides is 1. The van der Waals surface area contributed by atoms with E-state index in [9.17, 15) is 4.79 Å². The van der Waals surface area contributed by atoms with E-state index < -0.39 is 0 Å². The van der Waals surface area contributed by atoms with Gasteiger partial charge in [0.15, 0.2) is 0 Å². The van der Waals surface area contributed by atoms with Gasteiger partial charge < -0.3 is 5.32 Å². The van der Waals surface area contributed by atoms with Crippen molar-refractivity contribution in [2.45, 2.75) is 32.1 Å². The SMILES string of the molecule is O=C(NCC1(CCl)CCCCC1)c1cc(Br)sc1Br. The number of hydrogen-bond donors (Lipinski definition) is 1. The number of thiophene rings is 1. The van der Waals surface area contributed by atoms with Crippen LogP contribution in [-0.4, -0.2) is 18.3 Å². The molecule has 1 heterocycles. The minimum absolute atomic E-state index is 0.0242. The quantitative estimate of drug-likeness (QED) is 0.656. The van der Waals surface area contributed by atoms with Crippen LogP contribution in [0.5, 0.6) is 0 Å². The fourth-order valence-electron chi connectivity index (χ4n) is 2.52. The van der Waals surface area contributed by atoms with Gasteiger partial charge in [-0.15, -0.1) is 22.9 Å². The van der Waals surface area contributed by atoms with Crippen LogP contribution in [0, 0.1) is 5.41 Å². The average Bonchev–Trinajstić information content (AvgIpc) is 2.76. The van der Waals surface area contributed by atoms with Gasteiger partial charge in [-0.2, -0.15) is 0 Å². The van der Waals surface area contributed by atoms with Gasteiger partial charge >= 0.3 is 0 Å². The van der Waals surface area contributed by atoms with Gasteiger partial charge in [-0.05, 0) is 50.8 Å². The molecule has 0 aromatic carbocycles. The molecule has 1 aromatic heterocycles. The van der Waals surface area contributed by atoms with E-state index in [0.717, 1.165) is 20.4 Å². The molecular formula is C13H16Br2ClNOS. The Hall–Kier alpha value is 0.420. The molecule has 1 aliphatic carbocycles. The largest absolute Gasteiger partial charge is 0.351 e. The molecule has 1 aromatic rings. The predicted octanol–water partition coefficient (Wildman–Crippen LogP) is 5.19. The summed E-state index contributed by atoms with van der Waals surface area (Å²) in [6.07, 6.45) is 5.96. The summed E-state index contributed by atoms with van der Waals surface area (Å²) in [6, 6.07) is 1.85. The topological polar surface area (TPSA) is 29.1 Å². The summed E-state index contributed by atoms with van der Waals surface area (Å²) < 4.78 is 1.81. The van der Waals surface area contributed by atoms with Crippen LogP contribution in [0.3, 0.4) is 0 Å². The van der Waals surface area contributed by atoms with Crippen LogP contribution < -0.4 is 5.32 Å². The zero-order valence-corrected chi connectivity index (χ0v) is 15.2. The summed E-state index contributed by atoms with van der Waals surface area (Å²) in [5.74, 6) is 0.603. The van der Waals surface area contributed by atoms with E-state index in [4.69, 9.17) is 11.6 Å². The molecule has 0 aliphatic heterocycles. The first-order valence-corrected chi connectivity index (χ1v) is 9.29. The van der Waals surface area contributed by atoms with E-state index >= 15 is 0 Å². The molecular weight excluding hydrogens is 413 g/mol. The first kappa shape index (κ1) is 15.8. The highest BCUT2D eigenvalue weighted by atomic mass is 79.9. The van der Waals surface area contributed by atoms with Crippen LogP contribution in [0.15, 0.2) is 13.6 Å². The molecule has 106 valence electrons. The first-order chi connectivity index (χ1) is 9.06. The van der Waals surface area contributed by atoms with Gasteiger partial charge in [0.25, 0.3) is 5.91 Å². The molecule has 6 heteroatoms. The van der Waals surface area contributed by atoms with Crippen molar-refractivity contribution in [2.24, 2.45) is 5.41 Å². The lowest BCUT2D eigenvalue weighted by Crippen LogP contribution is -2.40. The Morgan fingerprint density at radius 2 is 2.05 bits per heavy atom. The normalized spacial score (nSPS) is 18.3. The number of nitrogens with one attached hydrogen (secondary N) is 1. The lowest BCUT2D eigenvalue weighted by molar-refractivity contribution is 0.0920. The molecule has 1 amide bonds. The third kappa shape index (κ3) is 3.96. The molecule has 2 rings (SSSR count). The number of carbonyl (C=O) groups excluding carboxylic acids is 1. The fraction of sp³-hybridized carbons (Fsp3) is 0.615. The van der Waals surface area contributed by atoms with Crippen molar-refractivity contribution in [2.75, 3.05) is 12.4 Å². The van der Waals surface area contributed by atoms with E-state index in [0.29, 0.717) is 18.0 Å². The highest BCUT2D eigenvalue weighted by molar-refractivity contribution is 9.12. The summed E-state index contributed by atoms with van der Waals surface area (Å²) >= 11 is 14.5. The first-order valence-electron chi connectivity index (χ1n) is 6.35. The molecule has 0 radical (unpaired) electrons. The highest BCUT2D eigenvalue weighted by Gasteiger charge is 2.31. The van der Waals surface area contributed by atoms with E-state index in [1.165, 1.54) is 30.6 Å². The predicted molar refractivity (Wildman–Crippen MR) is 88.3 cm³/mol. The smallest absolute Gasteiger partial charge is 0.253 e. The maximum atomic E-state index is 12.2. The van der Waals surface area contributed by atoms with Crippen LogP contribution in [0.4, 0.5) is 0 Å². The van der Waals surface area contributed by atoms with Crippen LogP contribution >= 0.6 is 54.8 Å². The molecule has 0 saturated heterocycles. The zero-order valence-electron chi connectivity index (χ0n) is 10.5. The number of rotatable bonds is 4. The van der Waals surface area contributed by atoms with Crippen molar-refractivity contribution >= 4 is 60.7 Å². The Labute approximate surface area is 139 Å². The van der Waals surface area contributed by atoms with Gasteiger partial charge in [0.05, 0.1) is 13.1 Å². The molecule has 0 spiro atoms. The Balaban J connectivity index is 1.97. The summed E-state index contributed by atoms with van der Waals surface area (Å²) in [4.78, 5) is 12.2. The Kier molecular flexibility index (Phi) is 5.76. The van der Waals surface area contributed by atoms with E-state index in [1.54, 1.807) is 0 Å². The fourth-order valence-corrected chi connectivity index (χ4v) is 5.67. The van der Waals surface area contributed by atoms with Crippen molar-refractivity contribution in [1.82, 2.24) is 5.32 Å². The second-order valence-electron chi connectivity index (χ2n) is 5.11. The summed E-state index contributed by atoms with van der Waals surface area (Å²) in [5.41, 5.74) is 0.784. The number of amides is 1. The average molecular weight is 430 g/mol.